The molecule has 0 amide bonds. The van der Waals surface area contributed by atoms with Crippen LogP contribution in [0.25, 0.3) is 22.0 Å². The van der Waals surface area contributed by atoms with Crippen molar-refractivity contribution in [1.29, 1.82) is 0 Å². The Labute approximate surface area is 179 Å². The third-order valence-corrected chi connectivity index (χ3v) is 9.11. The molecular formula is C27H36NSi+. The third-order valence-electron chi connectivity index (χ3n) is 7.07. The van der Waals surface area contributed by atoms with Gasteiger partial charge in [0.1, 0.15) is 7.05 Å². The van der Waals surface area contributed by atoms with Crippen LogP contribution in [0.4, 0.5) is 0 Å². The number of pyridine rings is 1. The molecule has 2 heteroatoms. The molecule has 152 valence electrons. The maximum Gasteiger partial charge on any atom is 0.220 e. The summed E-state index contributed by atoms with van der Waals surface area (Å²) in [5, 5.41) is 3.74. The van der Waals surface area contributed by atoms with Crippen LogP contribution in [0.15, 0.2) is 36.4 Å². The standard InChI is InChI=1S/C27H36NSi/c1-18-14-22(21-10-8-9-11-21)17-26(20(18)3)27-25-13-12-24(29(5,6)7)16-23(25)15-19(2)28(27)4/h12-17,21H,8-11H2,1-7H3/q+1/i15D. The van der Waals surface area contributed by atoms with Crippen molar-refractivity contribution in [3.05, 3.63) is 58.8 Å². The number of hydrogen-bond donors (Lipinski definition) is 0. The van der Waals surface area contributed by atoms with Crippen molar-refractivity contribution in [2.75, 3.05) is 0 Å². The lowest BCUT2D eigenvalue weighted by atomic mass is 9.89. The van der Waals surface area contributed by atoms with Gasteiger partial charge in [0.2, 0.25) is 5.69 Å². The number of rotatable bonds is 3. The molecule has 1 aliphatic carbocycles. The van der Waals surface area contributed by atoms with Crippen molar-refractivity contribution < 1.29 is 5.94 Å². The van der Waals surface area contributed by atoms with E-state index in [1.54, 1.807) is 0 Å². The van der Waals surface area contributed by atoms with Crippen molar-refractivity contribution >= 4 is 24.0 Å². The summed E-state index contributed by atoms with van der Waals surface area (Å²) in [4.78, 5) is 0. The highest BCUT2D eigenvalue weighted by atomic mass is 28.3. The molecule has 0 bridgehead atoms. The summed E-state index contributed by atoms with van der Waals surface area (Å²) in [6.07, 6.45) is 5.35. The van der Waals surface area contributed by atoms with Gasteiger partial charge in [0.15, 0.2) is 5.69 Å². The Bertz CT molecular complexity index is 1130. The van der Waals surface area contributed by atoms with Crippen LogP contribution < -0.4 is 9.75 Å². The van der Waals surface area contributed by atoms with Gasteiger partial charge in [-0.05, 0) is 66.8 Å². The number of aryl methyl sites for hydroxylation is 1. The molecule has 1 saturated carbocycles. The molecule has 0 aliphatic heterocycles. The van der Waals surface area contributed by atoms with E-state index in [4.69, 9.17) is 1.37 Å². The SMILES string of the molecule is [2H]c1c(C)[n+](C)c(-c2cc(C3CCCC3)cc(C)c2C)c2ccc([Si](C)(C)C)cc12. The first-order valence-electron chi connectivity index (χ1n) is 11.6. The highest BCUT2D eigenvalue weighted by Crippen LogP contribution is 2.38. The van der Waals surface area contributed by atoms with Crippen LogP contribution in [0.2, 0.25) is 19.6 Å². The van der Waals surface area contributed by atoms with Crippen LogP contribution in [0.5, 0.6) is 0 Å². The quantitative estimate of drug-likeness (QED) is 0.349. The molecular weight excluding hydrogens is 366 g/mol. The predicted octanol–water partition coefficient (Wildman–Crippen LogP) is 6.46. The second kappa shape index (κ2) is 7.39. The molecule has 1 nitrogen and oxygen atoms in total. The molecule has 0 spiro atoms. The number of benzene rings is 2. The third kappa shape index (κ3) is 3.68. The van der Waals surface area contributed by atoms with E-state index in [0.29, 0.717) is 12.0 Å². The van der Waals surface area contributed by atoms with Gasteiger partial charge in [-0.2, -0.15) is 4.57 Å². The Morgan fingerprint density at radius 1 is 1.00 bits per heavy atom. The highest BCUT2D eigenvalue weighted by molar-refractivity contribution is 6.88. The summed E-state index contributed by atoms with van der Waals surface area (Å²) >= 11 is 0. The van der Waals surface area contributed by atoms with Crippen molar-refractivity contribution in [3.8, 4) is 11.3 Å². The van der Waals surface area contributed by atoms with Gasteiger partial charge in [-0.25, -0.2) is 0 Å². The Kier molecular flexibility index (Phi) is 4.86. The van der Waals surface area contributed by atoms with Crippen LogP contribution >= 0.6 is 0 Å². The van der Waals surface area contributed by atoms with E-state index in [9.17, 15) is 0 Å². The molecule has 2 aromatic carbocycles. The molecule has 4 rings (SSSR count). The maximum atomic E-state index is 8.86. The molecule has 29 heavy (non-hydrogen) atoms. The zero-order chi connectivity index (χ0) is 21.8. The lowest BCUT2D eigenvalue weighted by molar-refractivity contribution is -0.665. The number of aromatic nitrogens is 1. The molecule has 1 aromatic heterocycles. The Hall–Kier alpha value is -1.93. The zero-order valence-corrected chi connectivity index (χ0v) is 20.2. The van der Waals surface area contributed by atoms with E-state index in [1.807, 2.05) is 0 Å². The monoisotopic (exact) mass is 403 g/mol. The van der Waals surface area contributed by atoms with Crippen LogP contribution in [0, 0.1) is 20.8 Å². The van der Waals surface area contributed by atoms with Gasteiger partial charge in [0.25, 0.3) is 0 Å². The van der Waals surface area contributed by atoms with Crippen LogP contribution in [-0.2, 0) is 7.05 Å². The smallest absolute Gasteiger partial charge is 0.198 e. The first kappa shape index (κ1) is 19.1. The Balaban J connectivity index is 2.03. The minimum absolute atomic E-state index is 0.665. The fourth-order valence-corrected chi connectivity index (χ4v) is 6.06. The maximum absolute atomic E-state index is 8.86. The van der Waals surface area contributed by atoms with Gasteiger partial charge in [0.05, 0.1) is 20.4 Å². The molecule has 0 atom stereocenters. The Morgan fingerprint density at radius 2 is 1.69 bits per heavy atom. The minimum Gasteiger partial charge on any atom is -0.198 e. The van der Waals surface area contributed by atoms with Crippen molar-refractivity contribution in [3.63, 3.8) is 0 Å². The van der Waals surface area contributed by atoms with Crippen LogP contribution in [0.1, 0.15) is 55.4 Å². The lowest BCUT2D eigenvalue weighted by Crippen LogP contribution is -2.38. The average molecular weight is 404 g/mol. The molecule has 0 saturated heterocycles. The normalized spacial score (nSPS) is 15.9. The predicted molar refractivity (Wildman–Crippen MR) is 129 cm³/mol. The van der Waals surface area contributed by atoms with Crippen molar-refractivity contribution in [2.24, 2.45) is 7.05 Å². The first-order chi connectivity index (χ1) is 14.1. The molecule has 1 aliphatic rings. The zero-order valence-electron chi connectivity index (χ0n) is 20.2. The highest BCUT2D eigenvalue weighted by Gasteiger charge is 2.25. The fraction of sp³-hybridized carbons (Fsp3) is 0.444. The molecule has 3 aromatic rings. The average Bonchev–Trinajstić information content (AvgIpc) is 3.23. The Morgan fingerprint density at radius 3 is 2.34 bits per heavy atom. The van der Waals surface area contributed by atoms with Gasteiger partial charge in [0, 0.05) is 13.0 Å². The second-order valence-corrected chi connectivity index (χ2v) is 15.2. The number of fused-ring (bicyclic) bond motifs is 1. The summed E-state index contributed by atoms with van der Waals surface area (Å²) in [5.41, 5.74) is 7.89. The van der Waals surface area contributed by atoms with Crippen LogP contribution in [0.3, 0.4) is 0 Å². The summed E-state index contributed by atoms with van der Waals surface area (Å²) in [7, 11) is 0.693. The molecule has 1 heterocycles. The largest absolute Gasteiger partial charge is 0.220 e. The minimum atomic E-state index is -1.44. The fourth-order valence-electron chi connectivity index (χ4n) is 4.90. The number of nitrogens with zero attached hydrogens (tertiary/aromatic N) is 1. The van der Waals surface area contributed by atoms with Gasteiger partial charge in [-0.15, -0.1) is 0 Å². The van der Waals surface area contributed by atoms with Gasteiger partial charge in [-0.3, -0.25) is 0 Å². The summed E-state index contributed by atoms with van der Waals surface area (Å²) in [6, 6.07) is 12.5. The second-order valence-electron chi connectivity index (χ2n) is 10.1. The van der Waals surface area contributed by atoms with Crippen molar-refractivity contribution in [2.45, 2.75) is 72.0 Å². The topological polar surface area (TPSA) is 3.88 Å². The van der Waals surface area contributed by atoms with Crippen molar-refractivity contribution in [1.82, 2.24) is 0 Å². The first-order valence-corrected chi connectivity index (χ1v) is 14.6. The van der Waals surface area contributed by atoms with E-state index >= 15 is 0 Å². The lowest BCUT2D eigenvalue weighted by Gasteiger charge is -2.19. The van der Waals surface area contributed by atoms with Gasteiger partial charge < -0.3 is 0 Å². The van der Waals surface area contributed by atoms with E-state index in [1.165, 1.54) is 64.2 Å². The summed E-state index contributed by atoms with van der Waals surface area (Å²) in [6.45, 7) is 13.8. The molecule has 0 N–H and O–H groups in total. The van der Waals surface area contributed by atoms with Gasteiger partial charge in [-0.1, -0.05) is 55.9 Å². The van der Waals surface area contributed by atoms with E-state index in [-0.39, 0.29) is 0 Å². The molecule has 0 unspecified atom stereocenters. The van der Waals surface area contributed by atoms with E-state index < -0.39 is 8.07 Å². The van der Waals surface area contributed by atoms with Crippen LogP contribution in [-0.4, -0.2) is 8.07 Å². The van der Waals surface area contributed by atoms with E-state index in [2.05, 4.69) is 82.4 Å². The molecule has 1 fully saturated rings. The molecule has 0 radical (unpaired) electrons. The number of hydrogen-bond acceptors (Lipinski definition) is 0. The summed E-state index contributed by atoms with van der Waals surface area (Å²) in [5.74, 6) is 0.703. The van der Waals surface area contributed by atoms with Gasteiger partial charge >= 0.3 is 0 Å². The summed E-state index contributed by atoms with van der Waals surface area (Å²) < 4.78 is 11.1. The van der Waals surface area contributed by atoms with E-state index in [0.717, 1.165) is 11.1 Å².